The first-order valence-corrected chi connectivity index (χ1v) is 10.5. The van der Waals surface area contributed by atoms with E-state index in [0.717, 1.165) is 38.3 Å². The van der Waals surface area contributed by atoms with Gasteiger partial charge >= 0.3 is 0 Å². The Kier molecular flexibility index (Phi) is 5.83. The van der Waals surface area contributed by atoms with E-state index in [1.54, 1.807) is 11.3 Å². The maximum Gasteiger partial charge on any atom is 0.248 e. The van der Waals surface area contributed by atoms with Crippen LogP contribution in [-0.4, -0.2) is 52.1 Å². The van der Waals surface area contributed by atoms with Crippen LogP contribution >= 0.6 is 11.3 Å². The van der Waals surface area contributed by atoms with Crippen molar-refractivity contribution in [1.82, 2.24) is 20.0 Å². The SMILES string of the molecule is Cc1ccccc1CN1CCN(C(=O)CCc2nnc(-c3ccsc3)o2)CC1. The molecule has 1 fully saturated rings. The molecule has 7 heteroatoms. The fourth-order valence-electron chi connectivity index (χ4n) is 3.41. The highest BCUT2D eigenvalue weighted by Gasteiger charge is 2.22. The summed E-state index contributed by atoms with van der Waals surface area (Å²) in [5.41, 5.74) is 3.61. The summed E-state index contributed by atoms with van der Waals surface area (Å²) < 4.78 is 5.67. The van der Waals surface area contributed by atoms with Crippen LogP contribution in [0.2, 0.25) is 0 Å². The average molecular weight is 397 g/mol. The van der Waals surface area contributed by atoms with Crippen LogP contribution in [0, 0.1) is 6.92 Å². The van der Waals surface area contributed by atoms with Gasteiger partial charge in [-0.2, -0.15) is 11.3 Å². The van der Waals surface area contributed by atoms with Gasteiger partial charge < -0.3 is 9.32 Å². The molecule has 6 nitrogen and oxygen atoms in total. The third-order valence-corrected chi connectivity index (χ3v) is 5.85. The Labute approximate surface area is 168 Å². The van der Waals surface area contributed by atoms with E-state index in [2.05, 4.69) is 46.3 Å². The number of carbonyl (C=O) groups is 1. The maximum atomic E-state index is 12.5. The van der Waals surface area contributed by atoms with Crippen LogP contribution in [-0.2, 0) is 17.8 Å². The van der Waals surface area contributed by atoms with Gasteiger partial charge in [0.25, 0.3) is 0 Å². The van der Waals surface area contributed by atoms with Crippen LogP contribution in [0.15, 0.2) is 45.5 Å². The molecule has 146 valence electrons. The summed E-state index contributed by atoms with van der Waals surface area (Å²) >= 11 is 1.59. The molecule has 0 spiro atoms. The summed E-state index contributed by atoms with van der Waals surface area (Å²) in [6, 6.07) is 10.4. The lowest BCUT2D eigenvalue weighted by atomic mass is 10.1. The van der Waals surface area contributed by atoms with Crippen LogP contribution in [0.25, 0.3) is 11.5 Å². The van der Waals surface area contributed by atoms with Crippen LogP contribution < -0.4 is 0 Å². The summed E-state index contributed by atoms with van der Waals surface area (Å²) in [5.74, 6) is 1.20. The molecule has 0 saturated carbocycles. The van der Waals surface area contributed by atoms with Crippen molar-refractivity contribution >= 4 is 17.2 Å². The molecule has 2 aromatic heterocycles. The second kappa shape index (κ2) is 8.67. The highest BCUT2D eigenvalue weighted by Crippen LogP contribution is 2.21. The van der Waals surface area contributed by atoms with Crippen molar-refractivity contribution in [3.8, 4) is 11.5 Å². The number of hydrogen-bond donors (Lipinski definition) is 0. The molecule has 0 N–H and O–H groups in total. The minimum absolute atomic E-state index is 0.158. The summed E-state index contributed by atoms with van der Waals surface area (Å²) in [6.07, 6.45) is 0.891. The lowest BCUT2D eigenvalue weighted by Gasteiger charge is -2.35. The summed E-state index contributed by atoms with van der Waals surface area (Å²) in [5, 5.41) is 12.1. The number of nitrogens with zero attached hydrogens (tertiary/aromatic N) is 4. The molecule has 1 aromatic carbocycles. The normalized spacial score (nSPS) is 15.1. The molecule has 28 heavy (non-hydrogen) atoms. The Morgan fingerprint density at radius 2 is 1.96 bits per heavy atom. The molecule has 0 atom stereocenters. The molecule has 0 bridgehead atoms. The largest absolute Gasteiger partial charge is 0.421 e. The fraction of sp³-hybridized carbons (Fsp3) is 0.381. The fourth-order valence-corrected chi connectivity index (χ4v) is 4.04. The number of aromatic nitrogens is 2. The summed E-state index contributed by atoms with van der Waals surface area (Å²) in [7, 11) is 0. The van der Waals surface area contributed by atoms with E-state index in [-0.39, 0.29) is 5.91 Å². The second-order valence-electron chi connectivity index (χ2n) is 7.10. The van der Waals surface area contributed by atoms with Crippen LogP contribution in [0.5, 0.6) is 0 Å². The van der Waals surface area contributed by atoms with Crippen LogP contribution in [0.1, 0.15) is 23.4 Å². The molecular formula is C21H24N4O2S. The van der Waals surface area contributed by atoms with Crippen molar-refractivity contribution in [2.75, 3.05) is 26.2 Å². The van der Waals surface area contributed by atoms with Gasteiger partial charge in [-0.3, -0.25) is 9.69 Å². The number of thiophene rings is 1. The predicted octanol–water partition coefficient (Wildman–Crippen LogP) is 3.38. The lowest BCUT2D eigenvalue weighted by Crippen LogP contribution is -2.48. The molecule has 1 aliphatic heterocycles. The number of aryl methyl sites for hydroxylation is 2. The first-order chi connectivity index (χ1) is 13.7. The van der Waals surface area contributed by atoms with Crippen molar-refractivity contribution in [2.24, 2.45) is 0 Å². The van der Waals surface area contributed by atoms with Gasteiger partial charge in [0.2, 0.25) is 17.7 Å². The van der Waals surface area contributed by atoms with Gasteiger partial charge in [-0.1, -0.05) is 24.3 Å². The zero-order chi connectivity index (χ0) is 19.3. The van der Waals surface area contributed by atoms with E-state index in [9.17, 15) is 4.79 Å². The molecule has 0 aliphatic carbocycles. The minimum Gasteiger partial charge on any atom is -0.421 e. The molecule has 1 aliphatic rings. The molecule has 1 amide bonds. The number of piperazine rings is 1. The van der Waals surface area contributed by atoms with E-state index in [0.29, 0.717) is 24.6 Å². The van der Waals surface area contributed by atoms with E-state index < -0.39 is 0 Å². The first-order valence-electron chi connectivity index (χ1n) is 9.58. The van der Waals surface area contributed by atoms with Gasteiger partial charge in [0, 0.05) is 56.5 Å². The van der Waals surface area contributed by atoms with Gasteiger partial charge in [0.05, 0.1) is 0 Å². The Morgan fingerprint density at radius 1 is 1.14 bits per heavy atom. The Morgan fingerprint density at radius 3 is 2.71 bits per heavy atom. The molecule has 3 aromatic rings. The number of benzene rings is 1. The number of rotatable bonds is 6. The molecular weight excluding hydrogens is 372 g/mol. The summed E-state index contributed by atoms with van der Waals surface area (Å²) in [6.45, 7) is 6.45. The monoisotopic (exact) mass is 396 g/mol. The zero-order valence-corrected chi connectivity index (χ0v) is 16.8. The van der Waals surface area contributed by atoms with Crippen LogP contribution in [0.3, 0.4) is 0 Å². The number of carbonyl (C=O) groups excluding carboxylic acids is 1. The van der Waals surface area contributed by atoms with Gasteiger partial charge in [0.1, 0.15) is 0 Å². The van der Waals surface area contributed by atoms with Crippen molar-refractivity contribution in [3.63, 3.8) is 0 Å². The second-order valence-corrected chi connectivity index (χ2v) is 7.88. The number of hydrogen-bond acceptors (Lipinski definition) is 6. The summed E-state index contributed by atoms with van der Waals surface area (Å²) in [4.78, 5) is 16.9. The van der Waals surface area contributed by atoms with E-state index in [1.807, 2.05) is 21.7 Å². The van der Waals surface area contributed by atoms with Crippen molar-refractivity contribution in [1.29, 1.82) is 0 Å². The van der Waals surface area contributed by atoms with E-state index in [4.69, 9.17) is 4.42 Å². The Bertz CT molecular complexity index is 914. The molecule has 0 unspecified atom stereocenters. The Balaban J connectivity index is 1.24. The third kappa shape index (κ3) is 4.48. The third-order valence-electron chi connectivity index (χ3n) is 5.17. The standard InChI is InChI=1S/C21H24N4O2S/c1-16-4-2-3-5-17(16)14-24-9-11-25(12-10-24)20(26)7-6-19-22-23-21(27-19)18-8-13-28-15-18/h2-5,8,13,15H,6-7,9-12,14H2,1H3. The first kappa shape index (κ1) is 18.8. The molecule has 4 rings (SSSR count). The predicted molar refractivity (Wildman–Crippen MR) is 109 cm³/mol. The molecule has 3 heterocycles. The smallest absolute Gasteiger partial charge is 0.248 e. The van der Waals surface area contributed by atoms with Gasteiger partial charge in [-0.05, 0) is 29.5 Å². The highest BCUT2D eigenvalue weighted by atomic mass is 32.1. The van der Waals surface area contributed by atoms with Crippen molar-refractivity contribution in [3.05, 3.63) is 58.1 Å². The molecule has 1 saturated heterocycles. The van der Waals surface area contributed by atoms with Crippen molar-refractivity contribution < 1.29 is 9.21 Å². The lowest BCUT2D eigenvalue weighted by molar-refractivity contribution is -0.133. The number of amides is 1. The van der Waals surface area contributed by atoms with Crippen LogP contribution in [0.4, 0.5) is 0 Å². The molecule has 0 radical (unpaired) electrons. The van der Waals surface area contributed by atoms with Crippen molar-refractivity contribution in [2.45, 2.75) is 26.3 Å². The van der Waals surface area contributed by atoms with Gasteiger partial charge in [0.15, 0.2) is 0 Å². The van der Waals surface area contributed by atoms with E-state index in [1.165, 1.54) is 11.1 Å². The maximum absolute atomic E-state index is 12.5. The van der Waals surface area contributed by atoms with Gasteiger partial charge in [-0.15, -0.1) is 10.2 Å². The average Bonchev–Trinajstić information content (AvgIpc) is 3.40. The zero-order valence-electron chi connectivity index (χ0n) is 16.0. The topological polar surface area (TPSA) is 62.5 Å². The van der Waals surface area contributed by atoms with Gasteiger partial charge in [-0.25, -0.2) is 0 Å². The highest BCUT2D eigenvalue weighted by molar-refractivity contribution is 7.08. The van der Waals surface area contributed by atoms with E-state index >= 15 is 0 Å². The minimum atomic E-state index is 0.158. The Hall–Kier alpha value is -2.51. The quantitative estimate of drug-likeness (QED) is 0.639.